The molecule has 0 aliphatic rings. The minimum Gasteiger partial charge on any atom is -0.481 e. The molecule has 0 fully saturated rings. The maximum absolute atomic E-state index is 13.3. The SMILES string of the molecule is Cc1cc(C(=O)NCCC(=O)O)c2cc(F)ccc2n1. The number of rotatable bonds is 4. The molecule has 0 saturated carbocycles. The molecule has 2 aromatic rings. The van der Waals surface area contributed by atoms with Gasteiger partial charge in [-0.2, -0.15) is 0 Å². The van der Waals surface area contributed by atoms with Crippen LogP contribution in [0, 0.1) is 12.7 Å². The summed E-state index contributed by atoms with van der Waals surface area (Å²) in [5, 5.41) is 11.4. The van der Waals surface area contributed by atoms with E-state index in [0.29, 0.717) is 16.6 Å². The number of pyridine rings is 1. The number of hydrogen-bond acceptors (Lipinski definition) is 3. The molecular weight excluding hydrogens is 263 g/mol. The molecule has 1 amide bonds. The standard InChI is InChI=1S/C14H13FN2O3/c1-8-6-11(14(20)16-5-4-13(18)19)10-7-9(15)2-3-12(10)17-8/h2-3,6-7H,4-5H2,1H3,(H,16,20)(H,18,19). The van der Waals surface area contributed by atoms with E-state index in [0.717, 1.165) is 0 Å². The van der Waals surface area contributed by atoms with Crippen molar-refractivity contribution in [3.8, 4) is 0 Å². The molecule has 0 aliphatic carbocycles. The maximum atomic E-state index is 13.3. The van der Waals surface area contributed by atoms with Crippen LogP contribution in [0.5, 0.6) is 0 Å². The predicted molar refractivity (Wildman–Crippen MR) is 71.0 cm³/mol. The quantitative estimate of drug-likeness (QED) is 0.893. The number of nitrogens with zero attached hydrogens (tertiary/aromatic N) is 1. The molecule has 6 heteroatoms. The normalized spacial score (nSPS) is 10.5. The summed E-state index contributed by atoms with van der Waals surface area (Å²) in [4.78, 5) is 26.7. The lowest BCUT2D eigenvalue weighted by Gasteiger charge is -2.08. The van der Waals surface area contributed by atoms with Crippen LogP contribution in [-0.2, 0) is 4.79 Å². The van der Waals surface area contributed by atoms with Crippen LogP contribution in [0.15, 0.2) is 24.3 Å². The van der Waals surface area contributed by atoms with Crippen molar-refractivity contribution < 1.29 is 19.1 Å². The zero-order chi connectivity index (χ0) is 14.7. The summed E-state index contributed by atoms with van der Waals surface area (Å²) in [5.74, 6) is -1.89. The molecule has 5 nitrogen and oxygen atoms in total. The van der Waals surface area contributed by atoms with Gasteiger partial charge in [-0.1, -0.05) is 0 Å². The summed E-state index contributed by atoms with van der Waals surface area (Å²) in [6, 6.07) is 5.58. The molecule has 20 heavy (non-hydrogen) atoms. The Balaban J connectivity index is 2.34. The van der Waals surface area contributed by atoms with Gasteiger partial charge in [0.2, 0.25) is 0 Å². The molecular formula is C14H13FN2O3. The third-order valence-corrected chi connectivity index (χ3v) is 2.77. The molecule has 1 heterocycles. The monoisotopic (exact) mass is 276 g/mol. The average molecular weight is 276 g/mol. The Kier molecular flexibility index (Phi) is 3.93. The number of benzene rings is 1. The number of fused-ring (bicyclic) bond motifs is 1. The third kappa shape index (κ3) is 3.09. The first kappa shape index (κ1) is 13.9. The highest BCUT2D eigenvalue weighted by Gasteiger charge is 2.12. The van der Waals surface area contributed by atoms with Gasteiger partial charge in [0.1, 0.15) is 5.82 Å². The molecule has 0 unspecified atom stereocenters. The zero-order valence-electron chi connectivity index (χ0n) is 10.8. The van der Waals surface area contributed by atoms with Crippen molar-refractivity contribution in [2.24, 2.45) is 0 Å². The highest BCUT2D eigenvalue weighted by Crippen LogP contribution is 2.19. The number of aliphatic carboxylic acids is 1. The highest BCUT2D eigenvalue weighted by atomic mass is 19.1. The van der Waals surface area contributed by atoms with Gasteiger partial charge in [0, 0.05) is 17.6 Å². The molecule has 2 N–H and O–H groups in total. The summed E-state index contributed by atoms with van der Waals surface area (Å²) < 4.78 is 13.3. The Hall–Kier alpha value is -2.50. The zero-order valence-corrected chi connectivity index (χ0v) is 10.8. The van der Waals surface area contributed by atoms with Crippen LogP contribution in [0.3, 0.4) is 0 Å². The van der Waals surface area contributed by atoms with Crippen molar-refractivity contribution in [3.63, 3.8) is 0 Å². The van der Waals surface area contributed by atoms with Crippen molar-refractivity contribution in [2.75, 3.05) is 6.54 Å². The van der Waals surface area contributed by atoms with E-state index in [2.05, 4.69) is 10.3 Å². The lowest BCUT2D eigenvalue weighted by molar-refractivity contribution is -0.136. The molecule has 104 valence electrons. The second kappa shape index (κ2) is 5.64. The lowest BCUT2D eigenvalue weighted by Crippen LogP contribution is -2.26. The van der Waals surface area contributed by atoms with E-state index in [1.165, 1.54) is 18.2 Å². The summed E-state index contributed by atoms with van der Waals surface area (Å²) in [6.07, 6.45) is -0.165. The van der Waals surface area contributed by atoms with Gasteiger partial charge in [0.25, 0.3) is 5.91 Å². The van der Waals surface area contributed by atoms with Gasteiger partial charge >= 0.3 is 5.97 Å². The van der Waals surface area contributed by atoms with Crippen LogP contribution in [-0.4, -0.2) is 28.5 Å². The minimum absolute atomic E-state index is 0.0202. The van der Waals surface area contributed by atoms with Crippen molar-refractivity contribution >= 4 is 22.8 Å². The lowest BCUT2D eigenvalue weighted by atomic mass is 10.1. The van der Waals surface area contributed by atoms with Gasteiger partial charge < -0.3 is 10.4 Å². The molecule has 0 spiro atoms. The first-order valence-electron chi connectivity index (χ1n) is 6.04. The largest absolute Gasteiger partial charge is 0.481 e. The maximum Gasteiger partial charge on any atom is 0.305 e. The number of carboxylic acid groups (broad SMARTS) is 1. The molecule has 0 atom stereocenters. The average Bonchev–Trinajstić information content (AvgIpc) is 2.37. The second-order valence-electron chi connectivity index (χ2n) is 4.37. The Morgan fingerprint density at radius 3 is 2.80 bits per heavy atom. The van der Waals surface area contributed by atoms with Gasteiger partial charge in [-0.3, -0.25) is 14.6 Å². The van der Waals surface area contributed by atoms with E-state index >= 15 is 0 Å². The van der Waals surface area contributed by atoms with E-state index in [1.807, 2.05) is 0 Å². The molecule has 1 aromatic heterocycles. The van der Waals surface area contributed by atoms with Gasteiger partial charge in [0.15, 0.2) is 0 Å². The van der Waals surface area contributed by atoms with Crippen LogP contribution < -0.4 is 5.32 Å². The van der Waals surface area contributed by atoms with Gasteiger partial charge in [0.05, 0.1) is 17.5 Å². The third-order valence-electron chi connectivity index (χ3n) is 2.77. The predicted octanol–water partition coefficient (Wildman–Crippen LogP) is 1.89. The summed E-state index contributed by atoms with van der Waals surface area (Å²) in [7, 11) is 0. The van der Waals surface area contributed by atoms with E-state index in [1.54, 1.807) is 13.0 Å². The molecule has 0 aliphatic heterocycles. The van der Waals surface area contributed by atoms with Crippen molar-refractivity contribution in [1.29, 1.82) is 0 Å². The number of carbonyl (C=O) groups is 2. The van der Waals surface area contributed by atoms with Gasteiger partial charge in [-0.05, 0) is 31.2 Å². The van der Waals surface area contributed by atoms with Crippen molar-refractivity contribution in [3.05, 3.63) is 41.3 Å². The van der Waals surface area contributed by atoms with E-state index in [-0.39, 0.29) is 18.5 Å². The smallest absolute Gasteiger partial charge is 0.305 e. The van der Waals surface area contributed by atoms with Crippen LogP contribution in [0.4, 0.5) is 4.39 Å². The number of hydrogen-bond donors (Lipinski definition) is 2. The molecule has 1 aromatic carbocycles. The fourth-order valence-corrected chi connectivity index (χ4v) is 1.90. The van der Waals surface area contributed by atoms with Crippen molar-refractivity contribution in [2.45, 2.75) is 13.3 Å². The fourth-order valence-electron chi connectivity index (χ4n) is 1.90. The Morgan fingerprint density at radius 2 is 2.10 bits per heavy atom. The van der Waals surface area contributed by atoms with E-state index in [4.69, 9.17) is 5.11 Å². The van der Waals surface area contributed by atoms with Crippen LogP contribution in [0.25, 0.3) is 10.9 Å². The number of carboxylic acids is 1. The molecule has 0 radical (unpaired) electrons. The second-order valence-corrected chi connectivity index (χ2v) is 4.37. The number of carbonyl (C=O) groups excluding carboxylic acids is 1. The van der Waals surface area contributed by atoms with E-state index < -0.39 is 17.7 Å². The topological polar surface area (TPSA) is 79.3 Å². The Labute approximate surface area is 114 Å². The summed E-state index contributed by atoms with van der Waals surface area (Å²) >= 11 is 0. The Bertz CT molecular complexity index is 685. The highest BCUT2D eigenvalue weighted by molar-refractivity contribution is 6.06. The Morgan fingerprint density at radius 1 is 1.35 bits per heavy atom. The molecule has 0 saturated heterocycles. The first-order chi connectivity index (χ1) is 9.47. The minimum atomic E-state index is -0.993. The molecule has 2 rings (SSSR count). The summed E-state index contributed by atoms with van der Waals surface area (Å²) in [5.41, 5.74) is 1.44. The first-order valence-corrected chi connectivity index (χ1v) is 6.04. The van der Waals surface area contributed by atoms with E-state index in [9.17, 15) is 14.0 Å². The summed E-state index contributed by atoms with van der Waals surface area (Å²) in [6.45, 7) is 1.75. The number of aryl methyl sites for hydroxylation is 1. The number of aromatic nitrogens is 1. The van der Waals surface area contributed by atoms with Crippen LogP contribution in [0.1, 0.15) is 22.5 Å². The van der Waals surface area contributed by atoms with Gasteiger partial charge in [-0.15, -0.1) is 0 Å². The van der Waals surface area contributed by atoms with Gasteiger partial charge in [-0.25, -0.2) is 4.39 Å². The molecule has 0 bridgehead atoms. The van der Waals surface area contributed by atoms with Crippen LogP contribution >= 0.6 is 0 Å². The number of nitrogens with one attached hydrogen (secondary N) is 1. The fraction of sp³-hybridized carbons (Fsp3) is 0.214. The number of amides is 1. The number of halogens is 1. The van der Waals surface area contributed by atoms with Crippen LogP contribution in [0.2, 0.25) is 0 Å². The van der Waals surface area contributed by atoms with Crippen molar-refractivity contribution in [1.82, 2.24) is 10.3 Å².